The second-order valence-electron chi connectivity index (χ2n) is 1.93. The number of nitrogens with two attached hydrogens (primary N) is 1. The van der Waals surface area contributed by atoms with Crippen LogP contribution >= 0.6 is 0 Å². The number of rotatable bonds is 1. The van der Waals surface area contributed by atoms with Gasteiger partial charge in [-0.25, -0.2) is 4.98 Å². The van der Waals surface area contributed by atoms with Gasteiger partial charge in [0.25, 0.3) is 0 Å². The Morgan fingerprint density at radius 3 is 3.00 bits per heavy atom. The molecule has 0 saturated heterocycles. The van der Waals surface area contributed by atoms with Crippen LogP contribution in [0.4, 0.5) is 5.82 Å². The molecular weight excluding hydrogens is 142 g/mol. The quantitative estimate of drug-likeness (QED) is 0.581. The van der Waals surface area contributed by atoms with Crippen molar-refractivity contribution < 1.29 is 4.79 Å². The lowest BCUT2D eigenvalue weighted by atomic mass is 10.2. The fourth-order valence-corrected chi connectivity index (χ4v) is 0.648. The third-order valence-electron chi connectivity index (χ3n) is 1.21. The maximum atomic E-state index is 10.3. The van der Waals surface area contributed by atoms with Crippen molar-refractivity contribution in [2.24, 2.45) is 0 Å². The second-order valence-corrected chi connectivity index (χ2v) is 1.93. The minimum Gasteiger partial charge on any atom is -0.383 e. The SMILES string of the molecule is N#Cc1cnc(N)c(C=O)c1. The standard InChI is InChI=1S/C7H5N3O/c8-2-5-1-6(4-11)7(9)10-3-5/h1,3-4H,(H2,9,10). The number of aldehydes is 1. The van der Waals surface area contributed by atoms with E-state index in [2.05, 4.69) is 4.98 Å². The molecule has 0 spiro atoms. The summed E-state index contributed by atoms with van der Waals surface area (Å²) in [5.41, 5.74) is 5.89. The maximum absolute atomic E-state index is 10.3. The largest absolute Gasteiger partial charge is 0.383 e. The number of hydrogen-bond acceptors (Lipinski definition) is 4. The lowest BCUT2D eigenvalue weighted by Gasteiger charge is -1.94. The number of pyridine rings is 1. The van der Waals surface area contributed by atoms with E-state index in [-0.39, 0.29) is 11.4 Å². The molecule has 0 radical (unpaired) electrons. The zero-order valence-electron chi connectivity index (χ0n) is 5.61. The van der Waals surface area contributed by atoms with E-state index in [0.717, 1.165) is 0 Å². The van der Waals surface area contributed by atoms with Crippen LogP contribution in [0.15, 0.2) is 12.3 Å². The number of carbonyl (C=O) groups is 1. The minimum atomic E-state index is 0.152. The van der Waals surface area contributed by atoms with Crippen LogP contribution in [0.25, 0.3) is 0 Å². The number of carbonyl (C=O) groups excluding carboxylic acids is 1. The molecule has 0 aliphatic rings. The monoisotopic (exact) mass is 147 g/mol. The van der Waals surface area contributed by atoms with E-state index >= 15 is 0 Å². The molecule has 0 saturated carbocycles. The van der Waals surface area contributed by atoms with Gasteiger partial charge in [0.05, 0.1) is 11.1 Å². The van der Waals surface area contributed by atoms with Gasteiger partial charge in [-0.2, -0.15) is 5.26 Å². The molecule has 0 bridgehead atoms. The van der Waals surface area contributed by atoms with Gasteiger partial charge in [0, 0.05) is 6.20 Å². The van der Waals surface area contributed by atoms with Crippen molar-refractivity contribution in [1.29, 1.82) is 5.26 Å². The summed E-state index contributed by atoms with van der Waals surface area (Å²) >= 11 is 0. The molecule has 0 atom stereocenters. The third-order valence-corrected chi connectivity index (χ3v) is 1.21. The van der Waals surface area contributed by atoms with Gasteiger partial charge in [-0.1, -0.05) is 0 Å². The number of anilines is 1. The highest BCUT2D eigenvalue weighted by Crippen LogP contribution is 2.06. The van der Waals surface area contributed by atoms with E-state index in [4.69, 9.17) is 11.0 Å². The molecule has 0 amide bonds. The fraction of sp³-hybridized carbons (Fsp3) is 0. The van der Waals surface area contributed by atoms with Crippen LogP contribution in [0.3, 0.4) is 0 Å². The van der Waals surface area contributed by atoms with Crippen LogP contribution in [0, 0.1) is 11.3 Å². The van der Waals surface area contributed by atoms with Crippen LogP contribution in [0.2, 0.25) is 0 Å². The van der Waals surface area contributed by atoms with E-state index < -0.39 is 0 Å². The molecule has 4 nitrogen and oxygen atoms in total. The molecule has 1 aromatic heterocycles. The molecule has 0 fully saturated rings. The normalized spacial score (nSPS) is 8.64. The van der Waals surface area contributed by atoms with Gasteiger partial charge in [-0.05, 0) is 6.07 Å². The third kappa shape index (κ3) is 1.33. The van der Waals surface area contributed by atoms with E-state index in [0.29, 0.717) is 11.8 Å². The van der Waals surface area contributed by atoms with Crippen LogP contribution in [0.5, 0.6) is 0 Å². The molecule has 11 heavy (non-hydrogen) atoms. The highest BCUT2D eigenvalue weighted by Gasteiger charge is 1.99. The number of hydrogen-bond donors (Lipinski definition) is 1. The highest BCUT2D eigenvalue weighted by atomic mass is 16.1. The van der Waals surface area contributed by atoms with Crippen LogP contribution in [-0.4, -0.2) is 11.3 Å². The first kappa shape index (κ1) is 7.22. The number of nitrogens with zero attached hydrogens (tertiary/aromatic N) is 2. The molecule has 0 aliphatic heterocycles. The molecule has 4 heteroatoms. The summed E-state index contributed by atoms with van der Waals surface area (Å²) in [7, 11) is 0. The first-order valence-electron chi connectivity index (χ1n) is 2.88. The Kier molecular flexibility index (Phi) is 1.83. The predicted octanol–water partition coefficient (Wildman–Crippen LogP) is 0.348. The van der Waals surface area contributed by atoms with E-state index in [9.17, 15) is 4.79 Å². The van der Waals surface area contributed by atoms with E-state index in [1.807, 2.05) is 6.07 Å². The maximum Gasteiger partial charge on any atom is 0.153 e. The van der Waals surface area contributed by atoms with E-state index in [1.165, 1.54) is 12.3 Å². The molecular formula is C7H5N3O. The lowest BCUT2D eigenvalue weighted by molar-refractivity contribution is 0.112. The van der Waals surface area contributed by atoms with Crippen molar-refractivity contribution in [2.75, 3.05) is 5.73 Å². The van der Waals surface area contributed by atoms with Gasteiger partial charge >= 0.3 is 0 Å². The van der Waals surface area contributed by atoms with Crippen molar-refractivity contribution >= 4 is 12.1 Å². The van der Waals surface area contributed by atoms with Crippen molar-refractivity contribution in [1.82, 2.24) is 4.98 Å². The van der Waals surface area contributed by atoms with Gasteiger partial charge < -0.3 is 5.73 Å². The lowest BCUT2D eigenvalue weighted by Crippen LogP contribution is -1.96. The molecule has 54 valence electrons. The molecule has 1 aromatic rings. The topological polar surface area (TPSA) is 79.8 Å². The number of nitrogen functional groups attached to an aromatic ring is 1. The summed E-state index contributed by atoms with van der Waals surface area (Å²) < 4.78 is 0. The molecule has 0 aliphatic carbocycles. The summed E-state index contributed by atoms with van der Waals surface area (Å²) in [4.78, 5) is 13.9. The van der Waals surface area contributed by atoms with Crippen molar-refractivity contribution in [3.8, 4) is 6.07 Å². The first-order valence-corrected chi connectivity index (χ1v) is 2.88. The Morgan fingerprint density at radius 2 is 2.45 bits per heavy atom. The summed E-state index contributed by atoms with van der Waals surface area (Å²) in [6, 6.07) is 3.25. The zero-order valence-corrected chi connectivity index (χ0v) is 5.61. The van der Waals surface area contributed by atoms with Crippen molar-refractivity contribution in [2.45, 2.75) is 0 Å². The number of aromatic nitrogens is 1. The van der Waals surface area contributed by atoms with Gasteiger partial charge in [-0.3, -0.25) is 4.79 Å². The van der Waals surface area contributed by atoms with Crippen LogP contribution in [0.1, 0.15) is 15.9 Å². The average molecular weight is 147 g/mol. The summed E-state index contributed by atoms with van der Waals surface area (Å²) in [6.45, 7) is 0. The smallest absolute Gasteiger partial charge is 0.153 e. The summed E-state index contributed by atoms with van der Waals surface area (Å²) in [5.74, 6) is 0.152. The second kappa shape index (κ2) is 2.80. The van der Waals surface area contributed by atoms with Gasteiger partial charge in [0.1, 0.15) is 11.9 Å². The number of nitriles is 1. The minimum absolute atomic E-state index is 0.152. The summed E-state index contributed by atoms with van der Waals surface area (Å²) in [5, 5.41) is 8.40. The molecule has 1 heterocycles. The Bertz CT molecular complexity index is 327. The Morgan fingerprint density at radius 1 is 1.73 bits per heavy atom. The Labute approximate surface area is 63.3 Å². The molecule has 0 unspecified atom stereocenters. The first-order chi connectivity index (χ1) is 5.27. The van der Waals surface area contributed by atoms with Crippen LogP contribution in [-0.2, 0) is 0 Å². The Balaban J connectivity index is 3.25. The van der Waals surface area contributed by atoms with Gasteiger partial charge in [0.2, 0.25) is 0 Å². The predicted molar refractivity (Wildman–Crippen MR) is 38.8 cm³/mol. The van der Waals surface area contributed by atoms with E-state index in [1.54, 1.807) is 0 Å². The molecule has 2 N–H and O–H groups in total. The van der Waals surface area contributed by atoms with Crippen molar-refractivity contribution in [3.63, 3.8) is 0 Å². The summed E-state index contributed by atoms with van der Waals surface area (Å²) in [6.07, 6.45) is 1.89. The molecule has 0 aromatic carbocycles. The zero-order chi connectivity index (χ0) is 8.27. The van der Waals surface area contributed by atoms with Gasteiger partial charge in [0.15, 0.2) is 6.29 Å². The highest BCUT2D eigenvalue weighted by molar-refractivity contribution is 5.81. The Hall–Kier alpha value is -1.89. The average Bonchev–Trinajstić information content (AvgIpc) is 2.05. The fourth-order valence-electron chi connectivity index (χ4n) is 0.648. The van der Waals surface area contributed by atoms with Crippen LogP contribution < -0.4 is 5.73 Å². The molecule has 1 rings (SSSR count). The van der Waals surface area contributed by atoms with Crippen molar-refractivity contribution in [3.05, 3.63) is 23.4 Å². The van der Waals surface area contributed by atoms with Gasteiger partial charge in [-0.15, -0.1) is 0 Å².